The highest BCUT2D eigenvalue weighted by Crippen LogP contribution is 2.16. The van der Waals surface area contributed by atoms with Gasteiger partial charge in [0.25, 0.3) is 0 Å². The molecule has 0 radical (unpaired) electrons. The van der Waals surface area contributed by atoms with Gasteiger partial charge in [0.05, 0.1) is 5.69 Å². The number of benzene rings is 1. The lowest BCUT2D eigenvalue weighted by atomic mass is 10.2. The van der Waals surface area contributed by atoms with Crippen molar-refractivity contribution in [2.75, 3.05) is 6.26 Å². The molecule has 0 fully saturated rings. The minimum Gasteiger partial charge on any atom is -0.233 e. The molecule has 0 aliphatic carbocycles. The molecule has 2 nitrogen and oxygen atoms in total. The van der Waals surface area contributed by atoms with Crippen LogP contribution in [0, 0.1) is 6.92 Å². The Balaban J connectivity index is 3.08. The van der Waals surface area contributed by atoms with E-state index in [0.29, 0.717) is 5.69 Å². The van der Waals surface area contributed by atoms with E-state index < -0.39 is 8.94 Å². The van der Waals surface area contributed by atoms with Gasteiger partial charge < -0.3 is 0 Å². The van der Waals surface area contributed by atoms with Gasteiger partial charge in [-0.3, -0.25) is 0 Å². The summed E-state index contributed by atoms with van der Waals surface area (Å²) in [5.41, 5.74) is 1.80. The SMILES string of the molecule is Cc1ccc(N=S(C)(=O)Cl)cc1. The minimum absolute atomic E-state index is 0.656. The van der Waals surface area contributed by atoms with Crippen LogP contribution in [0.1, 0.15) is 5.56 Å². The fraction of sp³-hybridized carbons (Fsp3) is 0.250. The number of hydrogen-bond acceptors (Lipinski definition) is 2. The maximum absolute atomic E-state index is 11.0. The number of aryl methyl sites for hydroxylation is 1. The van der Waals surface area contributed by atoms with Gasteiger partial charge in [-0.1, -0.05) is 17.7 Å². The maximum Gasteiger partial charge on any atom is 0.131 e. The van der Waals surface area contributed by atoms with Crippen molar-refractivity contribution in [1.29, 1.82) is 0 Å². The normalized spacial score (nSPS) is 15.2. The molecule has 1 aromatic rings. The molecule has 4 heteroatoms. The summed E-state index contributed by atoms with van der Waals surface area (Å²) in [6, 6.07) is 7.39. The molecule has 0 aliphatic rings. The molecule has 1 unspecified atom stereocenters. The Kier molecular flexibility index (Phi) is 2.75. The molecule has 1 atom stereocenters. The van der Waals surface area contributed by atoms with Crippen molar-refractivity contribution in [1.82, 2.24) is 0 Å². The molecule has 66 valence electrons. The Labute approximate surface area is 77.2 Å². The van der Waals surface area contributed by atoms with Crippen LogP contribution in [0.2, 0.25) is 0 Å². The van der Waals surface area contributed by atoms with E-state index in [1.54, 1.807) is 12.1 Å². The van der Waals surface area contributed by atoms with E-state index in [1.807, 2.05) is 19.1 Å². The van der Waals surface area contributed by atoms with Crippen molar-refractivity contribution in [3.63, 3.8) is 0 Å². The van der Waals surface area contributed by atoms with Crippen LogP contribution in [0.15, 0.2) is 28.6 Å². The Morgan fingerprint density at radius 3 is 2.25 bits per heavy atom. The van der Waals surface area contributed by atoms with Crippen LogP contribution in [-0.4, -0.2) is 10.5 Å². The van der Waals surface area contributed by atoms with Gasteiger partial charge in [0.2, 0.25) is 0 Å². The van der Waals surface area contributed by atoms with Gasteiger partial charge in [-0.25, -0.2) is 4.21 Å². The van der Waals surface area contributed by atoms with Gasteiger partial charge in [0.15, 0.2) is 0 Å². The lowest BCUT2D eigenvalue weighted by Gasteiger charge is -1.95. The fourth-order valence-corrected chi connectivity index (χ4v) is 1.53. The summed E-state index contributed by atoms with van der Waals surface area (Å²) in [4.78, 5) is 0. The van der Waals surface area contributed by atoms with Crippen molar-refractivity contribution in [2.45, 2.75) is 6.92 Å². The van der Waals surface area contributed by atoms with Crippen LogP contribution in [0.3, 0.4) is 0 Å². The van der Waals surface area contributed by atoms with E-state index >= 15 is 0 Å². The van der Waals surface area contributed by atoms with Gasteiger partial charge in [-0.15, -0.1) is 0 Å². The predicted molar refractivity (Wildman–Crippen MR) is 53.2 cm³/mol. The first-order valence-corrected chi connectivity index (χ1v) is 6.21. The quantitative estimate of drug-likeness (QED) is 0.646. The van der Waals surface area contributed by atoms with E-state index in [4.69, 9.17) is 10.7 Å². The fourth-order valence-electron chi connectivity index (χ4n) is 0.794. The van der Waals surface area contributed by atoms with E-state index in [2.05, 4.69) is 4.36 Å². The summed E-state index contributed by atoms with van der Waals surface area (Å²) in [6.45, 7) is 1.98. The van der Waals surface area contributed by atoms with Crippen LogP contribution in [-0.2, 0) is 8.94 Å². The molecule has 0 saturated carbocycles. The summed E-state index contributed by atoms with van der Waals surface area (Å²) < 4.78 is 14.9. The Bertz CT molecular complexity index is 369. The summed E-state index contributed by atoms with van der Waals surface area (Å²) in [6.07, 6.45) is 1.40. The zero-order valence-electron chi connectivity index (χ0n) is 6.95. The van der Waals surface area contributed by atoms with E-state index in [9.17, 15) is 4.21 Å². The van der Waals surface area contributed by atoms with Gasteiger partial charge in [0, 0.05) is 6.26 Å². The van der Waals surface area contributed by atoms with Gasteiger partial charge in [-0.2, -0.15) is 4.36 Å². The van der Waals surface area contributed by atoms with Crippen LogP contribution in [0.4, 0.5) is 5.69 Å². The zero-order chi connectivity index (χ0) is 9.19. The first kappa shape index (κ1) is 9.55. The molecule has 0 aromatic heterocycles. The first-order valence-electron chi connectivity index (χ1n) is 3.46. The summed E-state index contributed by atoms with van der Waals surface area (Å²) in [7, 11) is 2.93. The average Bonchev–Trinajstić information content (AvgIpc) is 1.91. The smallest absolute Gasteiger partial charge is 0.131 e. The average molecular weight is 204 g/mol. The first-order chi connectivity index (χ1) is 5.47. The monoisotopic (exact) mass is 203 g/mol. The summed E-state index contributed by atoms with van der Waals surface area (Å²) >= 11 is 0. The maximum atomic E-state index is 11.0. The largest absolute Gasteiger partial charge is 0.233 e. The van der Waals surface area contributed by atoms with Gasteiger partial charge in [0.1, 0.15) is 8.94 Å². The highest BCUT2D eigenvalue weighted by Gasteiger charge is 1.94. The second-order valence-corrected chi connectivity index (χ2v) is 5.96. The van der Waals surface area contributed by atoms with E-state index in [-0.39, 0.29) is 0 Å². The summed E-state index contributed by atoms with van der Waals surface area (Å²) in [5.74, 6) is 0. The molecule has 0 aliphatic heterocycles. The summed E-state index contributed by atoms with van der Waals surface area (Å²) in [5, 5.41) is 0. The van der Waals surface area contributed by atoms with Crippen molar-refractivity contribution in [3.05, 3.63) is 29.8 Å². The molecule has 0 heterocycles. The van der Waals surface area contributed by atoms with Gasteiger partial charge in [-0.05, 0) is 29.7 Å². The molecule has 12 heavy (non-hydrogen) atoms. The van der Waals surface area contributed by atoms with Crippen LogP contribution >= 0.6 is 10.7 Å². The number of nitrogens with zero attached hydrogens (tertiary/aromatic N) is 1. The van der Waals surface area contributed by atoms with Crippen LogP contribution in [0.25, 0.3) is 0 Å². The molecule has 0 amide bonds. The van der Waals surface area contributed by atoms with Gasteiger partial charge >= 0.3 is 0 Å². The zero-order valence-corrected chi connectivity index (χ0v) is 8.52. The lowest BCUT2D eigenvalue weighted by Crippen LogP contribution is -1.80. The number of rotatable bonds is 1. The Morgan fingerprint density at radius 2 is 1.83 bits per heavy atom. The molecule has 0 N–H and O–H groups in total. The third-order valence-corrected chi connectivity index (χ3v) is 2.05. The standard InChI is InChI=1S/C8H10ClNOS/c1-7-3-5-8(6-4-7)10-12(2,9)11/h3-6H,1-2H3. The topological polar surface area (TPSA) is 29.4 Å². The highest BCUT2D eigenvalue weighted by molar-refractivity contribution is 8.15. The van der Waals surface area contributed by atoms with Crippen molar-refractivity contribution >= 4 is 25.3 Å². The second kappa shape index (κ2) is 3.46. The lowest BCUT2D eigenvalue weighted by molar-refractivity contribution is 0.689. The highest BCUT2D eigenvalue weighted by atomic mass is 35.7. The molecule has 1 aromatic carbocycles. The van der Waals surface area contributed by atoms with Crippen molar-refractivity contribution < 1.29 is 4.21 Å². The van der Waals surface area contributed by atoms with Crippen molar-refractivity contribution in [2.24, 2.45) is 4.36 Å². The van der Waals surface area contributed by atoms with Crippen LogP contribution in [0.5, 0.6) is 0 Å². The molecule has 0 saturated heterocycles. The molecule has 0 bridgehead atoms. The molecule has 0 spiro atoms. The Hall–Kier alpha value is -0.540. The van der Waals surface area contributed by atoms with Crippen LogP contribution < -0.4 is 0 Å². The Morgan fingerprint density at radius 1 is 1.33 bits per heavy atom. The molecular formula is C8H10ClNOS. The third kappa shape index (κ3) is 3.24. The second-order valence-electron chi connectivity index (χ2n) is 2.64. The minimum atomic E-state index is -2.54. The van der Waals surface area contributed by atoms with Crippen molar-refractivity contribution in [3.8, 4) is 0 Å². The molecule has 1 rings (SSSR count). The number of halogens is 1. The van der Waals surface area contributed by atoms with E-state index in [0.717, 1.165) is 5.56 Å². The third-order valence-electron chi connectivity index (χ3n) is 1.30. The number of hydrogen-bond donors (Lipinski definition) is 0. The predicted octanol–water partition coefficient (Wildman–Crippen LogP) is 2.88. The molecular weight excluding hydrogens is 194 g/mol. The van der Waals surface area contributed by atoms with E-state index in [1.165, 1.54) is 6.26 Å².